The summed E-state index contributed by atoms with van der Waals surface area (Å²) < 4.78 is 0. The molecule has 0 unspecified atom stereocenters. The van der Waals surface area contributed by atoms with E-state index in [1.807, 2.05) is 0 Å². The lowest BCUT2D eigenvalue weighted by atomic mass is 10.2. The van der Waals surface area contributed by atoms with Gasteiger partial charge < -0.3 is 5.32 Å². The van der Waals surface area contributed by atoms with Crippen LogP contribution < -0.4 is 5.32 Å². The van der Waals surface area contributed by atoms with Crippen LogP contribution in [-0.2, 0) is 4.79 Å². The average molecular weight is 337 g/mol. The van der Waals surface area contributed by atoms with Crippen molar-refractivity contribution in [2.24, 2.45) is 0 Å². The summed E-state index contributed by atoms with van der Waals surface area (Å²) in [6.45, 7) is 0. The van der Waals surface area contributed by atoms with E-state index >= 15 is 0 Å². The molecule has 0 saturated carbocycles. The third-order valence-corrected chi connectivity index (χ3v) is 3.28. The lowest BCUT2D eigenvalue weighted by Crippen LogP contribution is -2.07. The Labute approximate surface area is 136 Å². The second-order valence-electron chi connectivity index (χ2n) is 4.30. The second-order valence-corrected chi connectivity index (χ2v) is 5.14. The van der Waals surface area contributed by atoms with E-state index in [4.69, 9.17) is 23.2 Å². The van der Waals surface area contributed by atoms with Crippen molar-refractivity contribution < 1.29 is 9.72 Å². The van der Waals surface area contributed by atoms with Gasteiger partial charge in [-0.3, -0.25) is 14.9 Å². The van der Waals surface area contributed by atoms with Crippen LogP contribution >= 0.6 is 23.2 Å². The highest BCUT2D eigenvalue weighted by molar-refractivity contribution is 6.32. The molecule has 2 aromatic carbocycles. The minimum Gasteiger partial charge on any atom is -0.323 e. The number of nitro groups is 1. The molecule has 22 heavy (non-hydrogen) atoms. The molecule has 0 fully saturated rings. The number of hydrogen-bond acceptors (Lipinski definition) is 3. The zero-order valence-corrected chi connectivity index (χ0v) is 12.6. The Bertz CT molecular complexity index is 743. The highest BCUT2D eigenvalue weighted by Gasteiger charge is 2.11. The lowest BCUT2D eigenvalue weighted by molar-refractivity contribution is -0.384. The van der Waals surface area contributed by atoms with Gasteiger partial charge in [-0.1, -0.05) is 29.3 Å². The summed E-state index contributed by atoms with van der Waals surface area (Å²) in [6.07, 6.45) is 2.75. The maximum atomic E-state index is 11.8. The summed E-state index contributed by atoms with van der Waals surface area (Å²) in [5.41, 5.74) is 0.894. The Balaban J connectivity index is 2.08. The number of carbonyl (C=O) groups is 1. The van der Waals surface area contributed by atoms with Gasteiger partial charge in [0.2, 0.25) is 5.91 Å². The van der Waals surface area contributed by atoms with Gasteiger partial charge in [-0.25, -0.2) is 0 Å². The minimum absolute atomic E-state index is 0.0489. The van der Waals surface area contributed by atoms with Crippen LogP contribution in [0, 0.1) is 10.1 Å². The fourth-order valence-electron chi connectivity index (χ4n) is 1.66. The molecule has 5 nitrogen and oxygen atoms in total. The molecule has 0 spiro atoms. The first kappa shape index (κ1) is 16.0. The Morgan fingerprint density at radius 3 is 2.45 bits per heavy atom. The van der Waals surface area contributed by atoms with Crippen molar-refractivity contribution in [3.8, 4) is 0 Å². The molecular weight excluding hydrogens is 327 g/mol. The zero-order valence-electron chi connectivity index (χ0n) is 11.1. The Hall–Kier alpha value is -2.37. The van der Waals surface area contributed by atoms with Gasteiger partial charge in [0.1, 0.15) is 5.02 Å². The standard InChI is InChI=1S/C15H10Cl2N2O3/c16-11-3-5-12(6-4-11)18-15(20)8-2-10-1-7-13(17)14(9-10)19(21)22/h1-9H,(H,18,20)/b8-2+. The molecule has 0 heterocycles. The van der Waals surface area contributed by atoms with Gasteiger partial charge in [-0.05, 0) is 42.0 Å². The first-order valence-corrected chi connectivity index (χ1v) is 6.90. The number of nitrogens with zero attached hydrogens (tertiary/aromatic N) is 1. The van der Waals surface area contributed by atoms with Crippen molar-refractivity contribution in [3.05, 3.63) is 74.3 Å². The van der Waals surface area contributed by atoms with E-state index in [2.05, 4.69) is 5.32 Å². The predicted octanol–water partition coefficient (Wildman–Crippen LogP) is 4.55. The van der Waals surface area contributed by atoms with Gasteiger partial charge in [0.15, 0.2) is 0 Å². The van der Waals surface area contributed by atoms with Crippen molar-refractivity contribution in [2.45, 2.75) is 0 Å². The fraction of sp³-hybridized carbons (Fsp3) is 0. The molecule has 0 aliphatic rings. The van der Waals surface area contributed by atoms with Gasteiger partial charge in [-0.15, -0.1) is 0 Å². The molecule has 0 aromatic heterocycles. The third-order valence-electron chi connectivity index (χ3n) is 2.71. The first-order valence-electron chi connectivity index (χ1n) is 6.14. The quantitative estimate of drug-likeness (QED) is 0.505. The fourth-order valence-corrected chi connectivity index (χ4v) is 1.97. The number of halogens is 2. The number of rotatable bonds is 4. The minimum atomic E-state index is -0.576. The molecule has 1 amide bonds. The van der Waals surface area contributed by atoms with Crippen LogP contribution in [0.2, 0.25) is 10.0 Å². The first-order chi connectivity index (χ1) is 10.5. The van der Waals surface area contributed by atoms with Crippen LogP contribution in [0.3, 0.4) is 0 Å². The van der Waals surface area contributed by atoms with E-state index in [0.717, 1.165) is 0 Å². The average Bonchev–Trinajstić information content (AvgIpc) is 2.48. The number of hydrogen-bond donors (Lipinski definition) is 1. The van der Waals surface area contributed by atoms with E-state index in [0.29, 0.717) is 16.3 Å². The van der Waals surface area contributed by atoms with E-state index in [1.165, 1.54) is 24.3 Å². The van der Waals surface area contributed by atoms with Crippen LogP contribution in [-0.4, -0.2) is 10.8 Å². The van der Waals surface area contributed by atoms with E-state index in [-0.39, 0.29) is 16.6 Å². The van der Waals surface area contributed by atoms with Crippen molar-refractivity contribution in [2.75, 3.05) is 5.32 Å². The Morgan fingerprint density at radius 1 is 1.14 bits per heavy atom. The van der Waals surface area contributed by atoms with Crippen LogP contribution in [0.15, 0.2) is 48.5 Å². The molecule has 0 aliphatic heterocycles. The van der Waals surface area contributed by atoms with Gasteiger partial charge in [0.05, 0.1) is 4.92 Å². The van der Waals surface area contributed by atoms with Crippen molar-refractivity contribution in [3.63, 3.8) is 0 Å². The molecule has 0 bridgehead atoms. The molecule has 7 heteroatoms. The van der Waals surface area contributed by atoms with Crippen molar-refractivity contribution in [1.29, 1.82) is 0 Å². The van der Waals surface area contributed by atoms with Gasteiger partial charge in [0.25, 0.3) is 5.69 Å². The smallest absolute Gasteiger partial charge is 0.288 e. The maximum Gasteiger partial charge on any atom is 0.288 e. The van der Waals surface area contributed by atoms with Crippen molar-refractivity contribution in [1.82, 2.24) is 0 Å². The molecule has 1 N–H and O–H groups in total. The number of amides is 1. The normalized spacial score (nSPS) is 10.6. The summed E-state index contributed by atoms with van der Waals surface area (Å²) in [6, 6.07) is 10.9. The number of carbonyl (C=O) groups excluding carboxylic acids is 1. The highest BCUT2D eigenvalue weighted by Crippen LogP contribution is 2.25. The van der Waals surface area contributed by atoms with Crippen LogP contribution in [0.5, 0.6) is 0 Å². The molecule has 0 aliphatic carbocycles. The Kier molecular flexibility index (Phi) is 5.14. The molecule has 0 radical (unpaired) electrons. The number of nitro benzene ring substituents is 1. The molecule has 2 rings (SSSR count). The van der Waals surface area contributed by atoms with Crippen LogP contribution in [0.4, 0.5) is 11.4 Å². The predicted molar refractivity (Wildman–Crippen MR) is 87.2 cm³/mol. The highest BCUT2D eigenvalue weighted by atomic mass is 35.5. The molecule has 2 aromatic rings. The summed E-state index contributed by atoms with van der Waals surface area (Å²) in [7, 11) is 0. The SMILES string of the molecule is O=C(/C=C/c1ccc(Cl)c([N+](=O)[O-])c1)Nc1ccc(Cl)cc1. The summed E-state index contributed by atoms with van der Waals surface area (Å²) in [5.74, 6) is -0.361. The topological polar surface area (TPSA) is 72.2 Å². The zero-order chi connectivity index (χ0) is 16.1. The van der Waals surface area contributed by atoms with Crippen LogP contribution in [0.1, 0.15) is 5.56 Å². The molecular formula is C15H10Cl2N2O3. The molecule has 112 valence electrons. The molecule has 0 atom stereocenters. The van der Waals surface area contributed by atoms with E-state index in [1.54, 1.807) is 30.3 Å². The van der Waals surface area contributed by atoms with E-state index in [9.17, 15) is 14.9 Å². The van der Waals surface area contributed by atoms with Gasteiger partial charge in [0, 0.05) is 22.9 Å². The van der Waals surface area contributed by atoms with Crippen LogP contribution in [0.25, 0.3) is 6.08 Å². The van der Waals surface area contributed by atoms with Gasteiger partial charge >= 0.3 is 0 Å². The van der Waals surface area contributed by atoms with E-state index < -0.39 is 4.92 Å². The number of benzene rings is 2. The largest absolute Gasteiger partial charge is 0.323 e. The lowest BCUT2D eigenvalue weighted by Gasteiger charge is -2.01. The summed E-state index contributed by atoms with van der Waals surface area (Å²) >= 11 is 11.5. The monoisotopic (exact) mass is 336 g/mol. The number of nitrogens with one attached hydrogen (secondary N) is 1. The molecule has 0 saturated heterocycles. The van der Waals surface area contributed by atoms with Gasteiger partial charge in [-0.2, -0.15) is 0 Å². The van der Waals surface area contributed by atoms with Crippen molar-refractivity contribution >= 4 is 46.6 Å². The maximum absolute atomic E-state index is 11.8. The summed E-state index contributed by atoms with van der Waals surface area (Å²) in [4.78, 5) is 22.0. The Morgan fingerprint density at radius 2 is 1.82 bits per heavy atom. The number of anilines is 1. The summed E-state index contributed by atoms with van der Waals surface area (Å²) in [5, 5.41) is 14.1. The third kappa shape index (κ3) is 4.31. The second kappa shape index (κ2) is 7.06.